The molecule has 0 bridgehead atoms. The predicted molar refractivity (Wildman–Crippen MR) is 67.9 cm³/mol. The van der Waals surface area contributed by atoms with E-state index in [1.54, 1.807) is 0 Å². The Morgan fingerprint density at radius 1 is 1.33 bits per heavy atom. The summed E-state index contributed by atoms with van der Waals surface area (Å²) in [5.74, 6) is 0.642. The van der Waals surface area contributed by atoms with Crippen molar-refractivity contribution in [1.82, 2.24) is 10.3 Å². The topological polar surface area (TPSA) is 24.9 Å². The average molecular weight is 271 g/mol. The molecule has 0 aliphatic rings. The zero-order chi connectivity index (χ0) is 11.3. The van der Waals surface area contributed by atoms with Gasteiger partial charge in [0.1, 0.15) is 0 Å². The molecule has 0 aromatic carbocycles. The van der Waals surface area contributed by atoms with E-state index in [1.165, 1.54) is 5.56 Å². The van der Waals surface area contributed by atoms with Gasteiger partial charge in [-0.3, -0.25) is 4.98 Å². The molecule has 0 saturated carbocycles. The van der Waals surface area contributed by atoms with Crippen molar-refractivity contribution in [1.29, 1.82) is 0 Å². The minimum absolute atomic E-state index is 0.563. The van der Waals surface area contributed by atoms with Gasteiger partial charge >= 0.3 is 0 Å². The zero-order valence-corrected chi connectivity index (χ0v) is 11.2. The van der Waals surface area contributed by atoms with Crippen LogP contribution in [0.25, 0.3) is 0 Å². The summed E-state index contributed by atoms with van der Waals surface area (Å²) >= 11 is 3.44. The monoisotopic (exact) mass is 270 g/mol. The zero-order valence-electron chi connectivity index (χ0n) is 9.63. The highest BCUT2D eigenvalue weighted by molar-refractivity contribution is 9.10. The van der Waals surface area contributed by atoms with E-state index in [2.05, 4.69) is 53.1 Å². The number of hydrogen-bond acceptors (Lipinski definition) is 2. The van der Waals surface area contributed by atoms with E-state index in [9.17, 15) is 0 Å². The van der Waals surface area contributed by atoms with Crippen LogP contribution in [0.5, 0.6) is 0 Å². The molecule has 1 aromatic rings. The molecule has 1 aromatic heterocycles. The standard InChI is InChI=1S/C12H19BrN2/c1-9(2)15-6-10(3)4-11-5-12(13)8-14-7-11/h5,7-10,15H,4,6H2,1-3H3. The number of nitrogens with zero attached hydrogens (tertiary/aromatic N) is 1. The van der Waals surface area contributed by atoms with Crippen molar-refractivity contribution >= 4 is 15.9 Å². The van der Waals surface area contributed by atoms with Crippen LogP contribution in [0.15, 0.2) is 22.9 Å². The molecule has 1 N–H and O–H groups in total. The summed E-state index contributed by atoms with van der Waals surface area (Å²) < 4.78 is 1.06. The predicted octanol–water partition coefficient (Wildman–Crippen LogP) is 3.02. The fourth-order valence-electron chi connectivity index (χ4n) is 1.48. The Balaban J connectivity index is 2.40. The highest BCUT2D eigenvalue weighted by atomic mass is 79.9. The Morgan fingerprint density at radius 3 is 2.67 bits per heavy atom. The van der Waals surface area contributed by atoms with Gasteiger partial charge in [0.2, 0.25) is 0 Å². The average Bonchev–Trinajstić information content (AvgIpc) is 2.15. The van der Waals surface area contributed by atoms with E-state index in [-0.39, 0.29) is 0 Å². The maximum absolute atomic E-state index is 4.17. The summed E-state index contributed by atoms with van der Waals surface area (Å²) in [5, 5.41) is 3.45. The van der Waals surface area contributed by atoms with Gasteiger partial charge in [0.25, 0.3) is 0 Å². The largest absolute Gasteiger partial charge is 0.314 e. The van der Waals surface area contributed by atoms with E-state index >= 15 is 0 Å². The molecule has 2 nitrogen and oxygen atoms in total. The molecule has 0 aliphatic carbocycles. The van der Waals surface area contributed by atoms with Crippen LogP contribution in [-0.2, 0) is 6.42 Å². The van der Waals surface area contributed by atoms with Crippen LogP contribution in [0, 0.1) is 5.92 Å². The molecule has 15 heavy (non-hydrogen) atoms. The molecule has 1 rings (SSSR count). The first-order chi connectivity index (χ1) is 7.08. The molecule has 1 atom stereocenters. The van der Waals surface area contributed by atoms with Gasteiger partial charge in [0.15, 0.2) is 0 Å². The van der Waals surface area contributed by atoms with E-state index < -0.39 is 0 Å². The Labute approximate surface area is 101 Å². The second kappa shape index (κ2) is 6.23. The van der Waals surface area contributed by atoms with Crippen LogP contribution >= 0.6 is 15.9 Å². The van der Waals surface area contributed by atoms with Crippen LogP contribution in [0.4, 0.5) is 0 Å². The molecule has 0 spiro atoms. The molecule has 0 fully saturated rings. The second-order valence-electron chi connectivity index (χ2n) is 4.38. The van der Waals surface area contributed by atoms with Crippen LogP contribution in [-0.4, -0.2) is 17.6 Å². The van der Waals surface area contributed by atoms with Crippen LogP contribution < -0.4 is 5.32 Å². The SMILES string of the molecule is CC(CNC(C)C)Cc1cncc(Br)c1. The van der Waals surface area contributed by atoms with Gasteiger partial charge in [-0.2, -0.15) is 0 Å². The molecular formula is C12H19BrN2. The van der Waals surface area contributed by atoms with Crippen molar-refractivity contribution in [3.05, 3.63) is 28.5 Å². The van der Waals surface area contributed by atoms with Gasteiger partial charge in [-0.05, 0) is 46.4 Å². The quantitative estimate of drug-likeness (QED) is 0.890. The highest BCUT2D eigenvalue weighted by Crippen LogP contribution is 2.13. The first-order valence-corrected chi connectivity index (χ1v) is 6.20. The van der Waals surface area contributed by atoms with Crippen molar-refractivity contribution in [2.75, 3.05) is 6.54 Å². The maximum Gasteiger partial charge on any atom is 0.0410 e. The third-order valence-electron chi connectivity index (χ3n) is 2.22. The third-order valence-corrected chi connectivity index (χ3v) is 2.65. The van der Waals surface area contributed by atoms with Gasteiger partial charge in [-0.1, -0.05) is 20.8 Å². The highest BCUT2D eigenvalue weighted by Gasteiger charge is 2.05. The van der Waals surface area contributed by atoms with Crippen molar-refractivity contribution in [3.8, 4) is 0 Å². The number of hydrogen-bond donors (Lipinski definition) is 1. The van der Waals surface area contributed by atoms with Gasteiger partial charge in [0.05, 0.1) is 0 Å². The molecule has 1 unspecified atom stereocenters. The Kier molecular flexibility index (Phi) is 5.26. The van der Waals surface area contributed by atoms with Crippen molar-refractivity contribution in [2.45, 2.75) is 33.2 Å². The summed E-state index contributed by atoms with van der Waals surface area (Å²) in [7, 11) is 0. The molecule has 0 aliphatic heterocycles. The molecule has 84 valence electrons. The number of nitrogens with one attached hydrogen (secondary N) is 1. The number of aromatic nitrogens is 1. The Morgan fingerprint density at radius 2 is 2.07 bits per heavy atom. The summed E-state index contributed by atoms with van der Waals surface area (Å²) in [6.07, 6.45) is 4.84. The number of rotatable bonds is 5. The smallest absolute Gasteiger partial charge is 0.0410 e. The molecule has 0 amide bonds. The van der Waals surface area contributed by atoms with Crippen molar-refractivity contribution in [3.63, 3.8) is 0 Å². The van der Waals surface area contributed by atoms with Gasteiger partial charge in [-0.25, -0.2) is 0 Å². The third kappa shape index (κ3) is 5.28. The van der Waals surface area contributed by atoms with Crippen LogP contribution in [0.1, 0.15) is 26.3 Å². The lowest BCUT2D eigenvalue weighted by atomic mass is 10.0. The Hall–Kier alpha value is -0.410. The van der Waals surface area contributed by atoms with Gasteiger partial charge in [-0.15, -0.1) is 0 Å². The van der Waals surface area contributed by atoms with Gasteiger partial charge < -0.3 is 5.32 Å². The van der Waals surface area contributed by atoms with Crippen molar-refractivity contribution in [2.24, 2.45) is 5.92 Å². The molecule has 3 heteroatoms. The Bertz CT molecular complexity index is 299. The van der Waals surface area contributed by atoms with E-state index in [0.717, 1.165) is 17.4 Å². The summed E-state index contributed by atoms with van der Waals surface area (Å²) in [6, 6.07) is 2.70. The molecule has 1 heterocycles. The lowest BCUT2D eigenvalue weighted by molar-refractivity contribution is 0.475. The van der Waals surface area contributed by atoms with E-state index in [4.69, 9.17) is 0 Å². The minimum atomic E-state index is 0.563. The normalized spacial score (nSPS) is 13.1. The minimum Gasteiger partial charge on any atom is -0.314 e. The van der Waals surface area contributed by atoms with Crippen molar-refractivity contribution < 1.29 is 0 Å². The lowest BCUT2D eigenvalue weighted by Crippen LogP contribution is -2.28. The fourth-order valence-corrected chi connectivity index (χ4v) is 1.89. The second-order valence-corrected chi connectivity index (χ2v) is 5.30. The lowest BCUT2D eigenvalue weighted by Gasteiger charge is -2.14. The number of pyridine rings is 1. The summed E-state index contributed by atoms with van der Waals surface area (Å²) in [4.78, 5) is 4.17. The summed E-state index contributed by atoms with van der Waals surface area (Å²) in [5.41, 5.74) is 1.29. The van der Waals surface area contributed by atoms with E-state index in [0.29, 0.717) is 12.0 Å². The maximum atomic E-state index is 4.17. The fraction of sp³-hybridized carbons (Fsp3) is 0.583. The first kappa shape index (κ1) is 12.7. The van der Waals surface area contributed by atoms with Gasteiger partial charge in [0, 0.05) is 22.9 Å². The van der Waals surface area contributed by atoms with Crippen LogP contribution in [0.2, 0.25) is 0 Å². The van der Waals surface area contributed by atoms with E-state index in [1.807, 2.05) is 12.4 Å². The molecule has 0 saturated heterocycles. The van der Waals surface area contributed by atoms with Crippen LogP contribution in [0.3, 0.4) is 0 Å². The molecular weight excluding hydrogens is 252 g/mol. The first-order valence-electron chi connectivity index (χ1n) is 5.40. The number of halogens is 1. The molecule has 0 radical (unpaired) electrons. The summed E-state index contributed by atoms with van der Waals surface area (Å²) in [6.45, 7) is 7.67.